The predicted molar refractivity (Wildman–Crippen MR) is 118 cm³/mol. The lowest BCUT2D eigenvalue weighted by molar-refractivity contribution is -0.135. The van der Waals surface area contributed by atoms with Crippen LogP contribution in [-0.4, -0.2) is 72.9 Å². The summed E-state index contributed by atoms with van der Waals surface area (Å²) in [5, 5.41) is 0. The summed E-state index contributed by atoms with van der Waals surface area (Å²) in [6.45, 7) is 8.46. The van der Waals surface area contributed by atoms with E-state index in [-0.39, 0.29) is 23.7 Å². The molecule has 2 aliphatic heterocycles. The molecule has 0 saturated carbocycles. The van der Waals surface area contributed by atoms with Gasteiger partial charge < -0.3 is 14.5 Å². The van der Waals surface area contributed by atoms with Crippen LogP contribution in [0.4, 0.5) is 0 Å². The highest BCUT2D eigenvalue weighted by atomic mass is 16.5. The van der Waals surface area contributed by atoms with Gasteiger partial charge in [0.1, 0.15) is 12.4 Å². The number of fused-ring (bicyclic) bond motifs is 3. The Kier molecular flexibility index (Phi) is 7.91. The van der Waals surface area contributed by atoms with Crippen molar-refractivity contribution in [3.63, 3.8) is 0 Å². The van der Waals surface area contributed by atoms with Crippen LogP contribution in [0.15, 0.2) is 36.4 Å². The van der Waals surface area contributed by atoms with Crippen molar-refractivity contribution in [2.24, 2.45) is 11.8 Å². The molecule has 2 amide bonds. The second-order valence-corrected chi connectivity index (χ2v) is 8.34. The molecular weight excluding hydrogens is 378 g/mol. The minimum atomic E-state index is 0.155. The quantitative estimate of drug-likeness (QED) is 0.713. The van der Waals surface area contributed by atoms with Gasteiger partial charge in [-0.25, -0.2) is 0 Å². The first-order chi connectivity index (χ1) is 14.5. The number of piperidine rings is 1. The van der Waals surface area contributed by atoms with Crippen molar-refractivity contribution in [3.8, 4) is 5.75 Å². The van der Waals surface area contributed by atoms with Gasteiger partial charge in [-0.1, -0.05) is 30.4 Å². The topological polar surface area (TPSA) is 53.1 Å². The zero-order valence-corrected chi connectivity index (χ0v) is 18.5. The fraction of sp³-hybridized carbons (Fsp3) is 0.583. The molecule has 0 spiro atoms. The first kappa shape index (κ1) is 22.3. The number of nitrogens with zero attached hydrogens (tertiary/aromatic N) is 3. The summed E-state index contributed by atoms with van der Waals surface area (Å²) >= 11 is 0. The number of hydrogen-bond donors (Lipinski definition) is 0. The van der Waals surface area contributed by atoms with Crippen molar-refractivity contribution in [2.75, 3.05) is 46.4 Å². The molecule has 0 N–H and O–H groups in total. The highest BCUT2D eigenvalue weighted by Gasteiger charge is 2.32. The maximum Gasteiger partial charge on any atom is 0.236 e. The van der Waals surface area contributed by atoms with Crippen molar-refractivity contribution < 1.29 is 14.3 Å². The molecule has 2 bridgehead atoms. The molecule has 1 fully saturated rings. The van der Waals surface area contributed by atoms with Gasteiger partial charge in [-0.3, -0.25) is 14.5 Å². The van der Waals surface area contributed by atoms with Crippen molar-refractivity contribution in [3.05, 3.63) is 42.0 Å². The van der Waals surface area contributed by atoms with Crippen LogP contribution in [0.2, 0.25) is 0 Å². The molecule has 164 valence electrons. The molecule has 2 aliphatic rings. The number of carbonyl (C=O) groups is 2. The van der Waals surface area contributed by atoms with Crippen molar-refractivity contribution in [2.45, 2.75) is 33.2 Å². The molecule has 30 heavy (non-hydrogen) atoms. The normalized spacial score (nSPS) is 24.0. The molecule has 2 atom stereocenters. The summed E-state index contributed by atoms with van der Waals surface area (Å²) in [4.78, 5) is 31.5. The maximum atomic E-state index is 12.9. The van der Waals surface area contributed by atoms with Gasteiger partial charge in [0.15, 0.2) is 0 Å². The third-order valence-electron chi connectivity index (χ3n) is 6.25. The van der Waals surface area contributed by atoms with E-state index in [1.54, 1.807) is 0 Å². The molecule has 2 heterocycles. The van der Waals surface area contributed by atoms with E-state index in [0.29, 0.717) is 32.7 Å². The number of para-hydroxylation sites is 1. The van der Waals surface area contributed by atoms with E-state index in [0.717, 1.165) is 37.4 Å². The molecule has 3 rings (SSSR count). The van der Waals surface area contributed by atoms with Crippen LogP contribution >= 0.6 is 0 Å². The summed E-state index contributed by atoms with van der Waals surface area (Å²) in [5.74, 6) is 1.66. The van der Waals surface area contributed by atoms with Crippen molar-refractivity contribution >= 4 is 11.8 Å². The fourth-order valence-electron chi connectivity index (χ4n) is 4.48. The lowest BCUT2D eigenvalue weighted by atomic mass is 9.82. The summed E-state index contributed by atoms with van der Waals surface area (Å²) in [5.41, 5.74) is 1.08. The first-order valence-corrected chi connectivity index (χ1v) is 11.1. The summed E-state index contributed by atoms with van der Waals surface area (Å²) < 4.78 is 6.02. The number of amides is 2. The average molecular weight is 414 g/mol. The summed E-state index contributed by atoms with van der Waals surface area (Å²) in [6, 6.07) is 8.00. The van der Waals surface area contributed by atoms with E-state index in [1.165, 1.54) is 0 Å². The second-order valence-electron chi connectivity index (χ2n) is 8.34. The van der Waals surface area contributed by atoms with E-state index in [4.69, 9.17) is 4.74 Å². The van der Waals surface area contributed by atoms with Gasteiger partial charge in [-0.15, -0.1) is 0 Å². The number of hydrogen-bond acceptors (Lipinski definition) is 4. The molecule has 0 unspecified atom stereocenters. The lowest BCUT2D eigenvalue weighted by Crippen LogP contribution is -2.47. The maximum absolute atomic E-state index is 12.9. The zero-order chi connectivity index (χ0) is 21.5. The van der Waals surface area contributed by atoms with Gasteiger partial charge in [-0.2, -0.15) is 0 Å². The highest BCUT2D eigenvalue weighted by Crippen LogP contribution is 2.29. The molecule has 1 aromatic rings. The van der Waals surface area contributed by atoms with E-state index < -0.39 is 0 Å². The van der Waals surface area contributed by atoms with E-state index in [1.807, 2.05) is 65.9 Å². The van der Waals surface area contributed by atoms with Crippen LogP contribution in [0.25, 0.3) is 0 Å². The number of rotatable bonds is 4. The molecule has 0 aromatic heterocycles. The Labute approximate surface area is 180 Å². The Morgan fingerprint density at radius 1 is 1.20 bits per heavy atom. The number of benzene rings is 1. The van der Waals surface area contributed by atoms with Crippen LogP contribution < -0.4 is 4.74 Å². The smallest absolute Gasteiger partial charge is 0.236 e. The Balaban J connectivity index is 1.77. The molecule has 0 radical (unpaired) electrons. The predicted octanol–water partition coefficient (Wildman–Crippen LogP) is 2.79. The number of likely N-dealkylation sites (N-methyl/N-ethyl adjacent to an activating group) is 1. The fourth-order valence-corrected chi connectivity index (χ4v) is 4.48. The van der Waals surface area contributed by atoms with Gasteiger partial charge >= 0.3 is 0 Å². The minimum Gasteiger partial charge on any atom is -0.489 e. The minimum absolute atomic E-state index is 0.155. The molecule has 1 aromatic carbocycles. The van der Waals surface area contributed by atoms with Crippen LogP contribution in [0, 0.1) is 11.8 Å². The lowest BCUT2D eigenvalue weighted by Gasteiger charge is -2.38. The SMILES string of the molecule is CCN(CC)C(=O)C[C@@H]1CCN2C[C@@H]1/C=C\COc1ccccc1CN(C)CC2=O. The van der Waals surface area contributed by atoms with Gasteiger partial charge in [0.2, 0.25) is 11.8 Å². The highest BCUT2D eigenvalue weighted by molar-refractivity contribution is 5.79. The second kappa shape index (κ2) is 10.6. The van der Waals surface area contributed by atoms with Crippen LogP contribution in [0.5, 0.6) is 5.75 Å². The first-order valence-electron chi connectivity index (χ1n) is 11.1. The van der Waals surface area contributed by atoms with E-state index >= 15 is 0 Å². The monoisotopic (exact) mass is 413 g/mol. The third kappa shape index (κ3) is 5.63. The molecule has 1 saturated heterocycles. The Hall–Kier alpha value is -2.34. The molecular formula is C24H35N3O3. The average Bonchev–Trinajstić information content (AvgIpc) is 2.74. The molecule has 6 heteroatoms. The van der Waals surface area contributed by atoms with Gasteiger partial charge in [-0.05, 0) is 45.2 Å². The molecule has 6 nitrogen and oxygen atoms in total. The largest absolute Gasteiger partial charge is 0.489 e. The number of ether oxygens (including phenoxy) is 1. The van der Waals surface area contributed by atoms with E-state index in [9.17, 15) is 9.59 Å². The van der Waals surface area contributed by atoms with E-state index in [2.05, 4.69) is 6.08 Å². The van der Waals surface area contributed by atoms with Crippen LogP contribution in [0.1, 0.15) is 32.3 Å². The number of carbonyl (C=O) groups excluding carboxylic acids is 2. The summed E-state index contributed by atoms with van der Waals surface area (Å²) in [7, 11) is 1.97. The summed E-state index contributed by atoms with van der Waals surface area (Å²) in [6.07, 6.45) is 5.61. The van der Waals surface area contributed by atoms with Gasteiger partial charge in [0.25, 0.3) is 0 Å². The van der Waals surface area contributed by atoms with Gasteiger partial charge in [0.05, 0.1) is 6.54 Å². The standard InChI is InChI=1S/C24H35N3O3/c1-4-26(5-2)23(28)15-19-12-13-27-17-20(19)10-8-14-30-22-11-7-6-9-21(22)16-25(3)18-24(27)29/h6-11,19-20H,4-5,12-18H2,1-3H3/b10-8-/t19-,20-/m0/s1. The Morgan fingerprint density at radius 2 is 1.97 bits per heavy atom. The van der Waals surface area contributed by atoms with Gasteiger partial charge in [0, 0.05) is 44.7 Å². The van der Waals surface area contributed by atoms with Crippen molar-refractivity contribution in [1.82, 2.24) is 14.7 Å². The Morgan fingerprint density at radius 3 is 2.73 bits per heavy atom. The van der Waals surface area contributed by atoms with Crippen LogP contribution in [-0.2, 0) is 16.1 Å². The van der Waals surface area contributed by atoms with Crippen molar-refractivity contribution in [1.29, 1.82) is 0 Å². The van der Waals surface area contributed by atoms with Crippen LogP contribution in [0.3, 0.4) is 0 Å². The Bertz CT molecular complexity index is 760. The molecule has 0 aliphatic carbocycles. The zero-order valence-electron chi connectivity index (χ0n) is 18.5. The third-order valence-corrected chi connectivity index (χ3v) is 6.25.